The third-order valence-corrected chi connectivity index (χ3v) is 3.26. The van der Waals surface area contributed by atoms with E-state index in [1.807, 2.05) is 0 Å². The first-order valence-electron chi connectivity index (χ1n) is 5.78. The Balaban J connectivity index is 2.78. The Bertz CT molecular complexity index is 504. The molecule has 0 bridgehead atoms. The first-order chi connectivity index (χ1) is 8.32. The molecule has 1 aromatic rings. The van der Waals surface area contributed by atoms with Crippen LogP contribution in [0.3, 0.4) is 0 Å². The summed E-state index contributed by atoms with van der Waals surface area (Å²) < 4.78 is 39.3. The van der Waals surface area contributed by atoms with E-state index in [1.54, 1.807) is 0 Å². The molecule has 2 rings (SSSR count). The molecule has 2 nitrogen and oxygen atoms in total. The molecule has 0 fully saturated rings. The Morgan fingerprint density at radius 2 is 1.89 bits per heavy atom. The van der Waals surface area contributed by atoms with Crippen molar-refractivity contribution in [2.24, 2.45) is 0 Å². The maximum absolute atomic E-state index is 13.1. The minimum absolute atomic E-state index is 0.178. The second-order valence-corrected chi connectivity index (χ2v) is 4.54. The number of carbonyl (C=O) groups is 1. The Morgan fingerprint density at radius 1 is 1.28 bits per heavy atom. The van der Waals surface area contributed by atoms with Gasteiger partial charge in [0.2, 0.25) is 0 Å². The van der Waals surface area contributed by atoms with E-state index in [0.717, 1.165) is 13.3 Å². The number of hydrogen-bond donors (Lipinski definition) is 1. The van der Waals surface area contributed by atoms with Crippen molar-refractivity contribution in [3.8, 4) is 5.75 Å². The molecule has 1 N–H and O–H groups in total. The molecule has 1 aliphatic rings. The molecule has 5 heteroatoms. The maximum Gasteiger partial charge on any atom is 0.417 e. The number of benzene rings is 1. The van der Waals surface area contributed by atoms with Crippen molar-refractivity contribution in [3.05, 3.63) is 28.3 Å². The number of Topliss-reactive ketones (excluding diaryl/α,β-unsaturated/α-hetero) is 1. The van der Waals surface area contributed by atoms with E-state index in [-0.39, 0.29) is 5.56 Å². The summed E-state index contributed by atoms with van der Waals surface area (Å²) in [6, 6.07) is 1.31. The van der Waals surface area contributed by atoms with Crippen LogP contribution in [0.25, 0.3) is 0 Å². The van der Waals surface area contributed by atoms with Gasteiger partial charge in [0.1, 0.15) is 5.75 Å². The van der Waals surface area contributed by atoms with E-state index >= 15 is 0 Å². The third-order valence-electron chi connectivity index (χ3n) is 3.26. The summed E-state index contributed by atoms with van der Waals surface area (Å²) in [5.41, 5.74) is -0.847. The molecule has 98 valence electrons. The molecule has 0 heterocycles. The average Bonchev–Trinajstić information content (AvgIpc) is 2.25. The molecule has 0 aliphatic heterocycles. The number of halogens is 3. The normalized spacial score (nSPS) is 15.3. The summed E-state index contributed by atoms with van der Waals surface area (Å²) in [6.07, 6.45) is -2.29. The molecule has 1 aliphatic carbocycles. The van der Waals surface area contributed by atoms with Crippen LogP contribution in [0.1, 0.15) is 46.8 Å². The monoisotopic (exact) mass is 258 g/mol. The van der Waals surface area contributed by atoms with E-state index in [9.17, 15) is 23.1 Å². The van der Waals surface area contributed by atoms with Crippen LogP contribution in [-0.4, -0.2) is 10.9 Å². The van der Waals surface area contributed by atoms with Crippen LogP contribution < -0.4 is 0 Å². The lowest BCUT2D eigenvalue weighted by atomic mass is 9.84. The van der Waals surface area contributed by atoms with E-state index in [4.69, 9.17) is 0 Å². The number of phenols is 1. The van der Waals surface area contributed by atoms with Crippen molar-refractivity contribution in [2.75, 3.05) is 0 Å². The molecule has 0 atom stereocenters. The standard InChI is InChI=1S/C13H13F3O2/c1-7(17)11-10(18)6-8-4-2-3-5-9(8)12(11)13(14,15)16/h6,18H,2-5H2,1H3. The number of aryl methyl sites for hydroxylation is 1. The van der Waals surface area contributed by atoms with Crippen LogP contribution >= 0.6 is 0 Å². The number of ketones is 1. The molecular weight excluding hydrogens is 245 g/mol. The summed E-state index contributed by atoms with van der Waals surface area (Å²) in [5, 5.41) is 9.66. The van der Waals surface area contributed by atoms with Crippen molar-refractivity contribution in [1.82, 2.24) is 0 Å². The number of rotatable bonds is 1. The minimum atomic E-state index is -4.61. The van der Waals surface area contributed by atoms with Crippen LogP contribution in [0.2, 0.25) is 0 Å². The second-order valence-electron chi connectivity index (χ2n) is 4.54. The van der Waals surface area contributed by atoms with Crippen molar-refractivity contribution < 1.29 is 23.1 Å². The van der Waals surface area contributed by atoms with Gasteiger partial charge in [-0.3, -0.25) is 4.79 Å². The number of phenolic OH excluding ortho intramolecular Hbond substituents is 1. The van der Waals surface area contributed by atoms with Gasteiger partial charge < -0.3 is 5.11 Å². The van der Waals surface area contributed by atoms with Crippen molar-refractivity contribution >= 4 is 5.78 Å². The fourth-order valence-corrected chi connectivity index (χ4v) is 2.56. The number of aromatic hydroxyl groups is 1. The highest BCUT2D eigenvalue weighted by Gasteiger charge is 2.40. The van der Waals surface area contributed by atoms with E-state index in [1.165, 1.54) is 6.07 Å². The van der Waals surface area contributed by atoms with Crippen molar-refractivity contribution in [2.45, 2.75) is 38.8 Å². The predicted octanol–water partition coefficient (Wildman–Crippen LogP) is 3.49. The highest BCUT2D eigenvalue weighted by Crippen LogP contribution is 2.42. The maximum atomic E-state index is 13.1. The van der Waals surface area contributed by atoms with Gasteiger partial charge in [-0.2, -0.15) is 13.2 Å². The first-order valence-corrected chi connectivity index (χ1v) is 5.78. The zero-order valence-electron chi connectivity index (χ0n) is 9.90. The Hall–Kier alpha value is -1.52. The second kappa shape index (κ2) is 4.30. The lowest BCUT2D eigenvalue weighted by molar-refractivity contribution is -0.138. The molecular formula is C13H13F3O2. The number of hydrogen-bond acceptors (Lipinski definition) is 2. The zero-order valence-corrected chi connectivity index (χ0v) is 9.90. The third kappa shape index (κ3) is 2.09. The van der Waals surface area contributed by atoms with Crippen LogP contribution in [0.15, 0.2) is 6.07 Å². The van der Waals surface area contributed by atoms with Crippen LogP contribution in [0.5, 0.6) is 5.75 Å². The van der Waals surface area contributed by atoms with Crippen LogP contribution in [0, 0.1) is 0 Å². The summed E-state index contributed by atoms with van der Waals surface area (Å²) in [5.74, 6) is -1.32. The fraction of sp³-hybridized carbons (Fsp3) is 0.462. The minimum Gasteiger partial charge on any atom is -0.507 e. The first kappa shape index (κ1) is 12.9. The SMILES string of the molecule is CC(=O)c1c(O)cc2c(c1C(F)(F)F)CCCC2. The van der Waals surface area contributed by atoms with Gasteiger partial charge in [0.05, 0.1) is 11.1 Å². The Kier molecular flexibility index (Phi) is 3.09. The summed E-state index contributed by atoms with van der Waals surface area (Å²) in [4.78, 5) is 11.4. The van der Waals surface area contributed by atoms with Gasteiger partial charge in [0, 0.05) is 0 Å². The van der Waals surface area contributed by atoms with Gasteiger partial charge in [-0.05, 0) is 49.8 Å². The molecule has 0 radical (unpaired) electrons. The molecule has 1 aromatic carbocycles. The van der Waals surface area contributed by atoms with E-state index in [0.29, 0.717) is 24.8 Å². The summed E-state index contributed by atoms with van der Waals surface area (Å²) >= 11 is 0. The number of alkyl halides is 3. The van der Waals surface area contributed by atoms with Crippen LogP contribution in [0.4, 0.5) is 13.2 Å². The largest absolute Gasteiger partial charge is 0.507 e. The lowest BCUT2D eigenvalue weighted by Gasteiger charge is -2.23. The predicted molar refractivity (Wildman–Crippen MR) is 59.8 cm³/mol. The molecule has 0 saturated heterocycles. The fourth-order valence-electron chi connectivity index (χ4n) is 2.56. The van der Waals surface area contributed by atoms with Gasteiger partial charge >= 0.3 is 6.18 Å². The molecule has 0 saturated carbocycles. The number of fused-ring (bicyclic) bond motifs is 1. The smallest absolute Gasteiger partial charge is 0.417 e. The lowest BCUT2D eigenvalue weighted by Crippen LogP contribution is -2.19. The van der Waals surface area contributed by atoms with Gasteiger partial charge in [-0.15, -0.1) is 0 Å². The zero-order chi connectivity index (χ0) is 13.5. The molecule has 0 amide bonds. The van der Waals surface area contributed by atoms with Crippen molar-refractivity contribution in [1.29, 1.82) is 0 Å². The van der Waals surface area contributed by atoms with E-state index < -0.39 is 28.8 Å². The van der Waals surface area contributed by atoms with Gasteiger partial charge in [0.25, 0.3) is 0 Å². The van der Waals surface area contributed by atoms with Gasteiger partial charge in [-0.1, -0.05) is 0 Å². The molecule has 0 spiro atoms. The highest BCUT2D eigenvalue weighted by molar-refractivity contribution is 5.99. The average molecular weight is 258 g/mol. The molecule has 0 aromatic heterocycles. The summed E-state index contributed by atoms with van der Waals surface area (Å²) in [6.45, 7) is 1.04. The van der Waals surface area contributed by atoms with Gasteiger partial charge in [0.15, 0.2) is 5.78 Å². The molecule has 18 heavy (non-hydrogen) atoms. The van der Waals surface area contributed by atoms with E-state index in [2.05, 4.69) is 0 Å². The number of carbonyl (C=O) groups excluding carboxylic acids is 1. The quantitative estimate of drug-likeness (QED) is 0.783. The van der Waals surface area contributed by atoms with Gasteiger partial charge in [-0.25, -0.2) is 0 Å². The Labute approximate surface area is 102 Å². The molecule has 0 unspecified atom stereocenters. The van der Waals surface area contributed by atoms with Crippen molar-refractivity contribution in [3.63, 3.8) is 0 Å². The highest BCUT2D eigenvalue weighted by atomic mass is 19.4. The summed E-state index contributed by atoms with van der Waals surface area (Å²) in [7, 11) is 0. The van der Waals surface area contributed by atoms with Crippen LogP contribution in [-0.2, 0) is 19.0 Å². The topological polar surface area (TPSA) is 37.3 Å². The Morgan fingerprint density at radius 3 is 2.44 bits per heavy atom.